The van der Waals surface area contributed by atoms with Gasteiger partial charge in [-0.15, -0.1) is 0 Å². The number of anilines is 1. The molecule has 160 valence electrons. The van der Waals surface area contributed by atoms with Crippen LogP contribution in [0.5, 0.6) is 5.75 Å². The molecule has 1 atom stereocenters. The molecule has 5 nitrogen and oxygen atoms in total. The van der Waals surface area contributed by atoms with Crippen LogP contribution in [0.25, 0.3) is 5.69 Å². The highest BCUT2D eigenvalue weighted by Gasteiger charge is 2.33. The van der Waals surface area contributed by atoms with Crippen LogP contribution in [0.4, 0.5) is 10.5 Å². The standard InChI is InChI=1S/C26H22ClN3O2/c1-32-22-11-5-10-21(16-22)28-26(31)30-17-19-7-2-3-12-23(19)29-14-6-13-24(29)25(30)18-8-4-9-20(27)15-18/h2-16,25H,17H2,1H3,(H,28,31). The van der Waals surface area contributed by atoms with Gasteiger partial charge in [0, 0.05) is 28.7 Å². The van der Waals surface area contributed by atoms with Gasteiger partial charge in [0.15, 0.2) is 0 Å². The Kier molecular flexibility index (Phi) is 5.33. The Morgan fingerprint density at radius 1 is 1.00 bits per heavy atom. The summed E-state index contributed by atoms with van der Waals surface area (Å²) in [4.78, 5) is 15.5. The third-order valence-corrected chi connectivity index (χ3v) is 5.95. The number of aromatic nitrogens is 1. The summed E-state index contributed by atoms with van der Waals surface area (Å²) in [5.74, 6) is 0.685. The molecule has 0 bridgehead atoms. The van der Waals surface area contributed by atoms with Crippen molar-refractivity contribution in [3.63, 3.8) is 0 Å². The van der Waals surface area contributed by atoms with E-state index >= 15 is 0 Å². The van der Waals surface area contributed by atoms with Crippen LogP contribution >= 0.6 is 11.6 Å². The van der Waals surface area contributed by atoms with E-state index in [1.807, 2.05) is 71.8 Å². The fourth-order valence-electron chi connectivity index (χ4n) is 4.26. The zero-order chi connectivity index (χ0) is 22.1. The summed E-state index contributed by atoms with van der Waals surface area (Å²) >= 11 is 6.35. The quantitative estimate of drug-likeness (QED) is 0.405. The summed E-state index contributed by atoms with van der Waals surface area (Å²) in [6, 6.07) is 26.8. The Labute approximate surface area is 191 Å². The molecule has 4 aromatic rings. The van der Waals surface area contributed by atoms with Gasteiger partial charge in [0.05, 0.1) is 25.4 Å². The molecule has 0 spiro atoms. The molecule has 3 aromatic carbocycles. The van der Waals surface area contributed by atoms with Gasteiger partial charge in [-0.1, -0.05) is 48.0 Å². The minimum absolute atomic E-state index is 0.201. The third kappa shape index (κ3) is 3.72. The summed E-state index contributed by atoms with van der Waals surface area (Å²) in [5.41, 5.74) is 4.75. The highest BCUT2D eigenvalue weighted by atomic mass is 35.5. The summed E-state index contributed by atoms with van der Waals surface area (Å²) in [5, 5.41) is 3.68. The van der Waals surface area contributed by atoms with Gasteiger partial charge in [0.2, 0.25) is 0 Å². The van der Waals surface area contributed by atoms with Crippen LogP contribution in [0.1, 0.15) is 22.9 Å². The van der Waals surface area contributed by atoms with Gasteiger partial charge < -0.3 is 19.5 Å². The van der Waals surface area contributed by atoms with E-state index < -0.39 is 0 Å². The van der Waals surface area contributed by atoms with Crippen LogP contribution in [-0.4, -0.2) is 22.6 Å². The Hall–Kier alpha value is -3.70. The number of nitrogens with zero attached hydrogens (tertiary/aromatic N) is 2. The van der Waals surface area contributed by atoms with Crippen molar-refractivity contribution in [2.24, 2.45) is 0 Å². The first-order chi connectivity index (χ1) is 15.6. The Morgan fingerprint density at radius 2 is 1.84 bits per heavy atom. The Morgan fingerprint density at radius 3 is 2.69 bits per heavy atom. The first-order valence-electron chi connectivity index (χ1n) is 10.4. The predicted molar refractivity (Wildman–Crippen MR) is 127 cm³/mol. The average molecular weight is 444 g/mol. The van der Waals surface area contributed by atoms with Crippen molar-refractivity contribution in [2.45, 2.75) is 12.6 Å². The van der Waals surface area contributed by atoms with E-state index in [0.717, 1.165) is 22.5 Å². The van der Waals surface area contributed by atoms with E-state index in [2.05, 4.69) is 28.1 Å². The van der Waals surface area contributed by atoms with Crippen molar-refractivity contribution in [2.75, 3.05) is 12.4 Å². The van der Waals surface area contributed by atoms with Crippen LogP contribution in [0.3, 0.4) is 0 Å². The van der Waals surface area contributed by atoms with Crippen molar-refractivity contribution in [1.82, 2.24) is 9.47 Å². The zero-order valence-corrected chi connectivity index (χ0v) is 18.3. The molecule has 5 rings (SSSR count). The molecule has 1 aromatic heterocycles. The van der Waals surface area contributed by atoms with E-state index in [9.17, 15) is 4.79 Å². The van der Waals surface area contributed by atoms with Crippen molar-refractivity contribution >= 4 is 23.3 Å². The summed E-state index contributed by atoms with van der Waals surface area (Å²) in [6.45, 7) is 0.449. The van der Waals surface area contributed by atoms with Crippen LogP contribution in [0.15, 0.2) is 91.1 Å². The number of hydrogen-bond acceptors (Lipinski definition) is 2. The molecule has 0 radical (unpaired) electrons. The maximum absolute atomic E-state index is 13.7. The van der Waals surface area contributed by atoms with Gasteiger partial charge in [-0.25, -0.2) is 4.79 Å². The van der Waals surface area contributed by atoms with E-state index in [-0.39, 0.29) is 12.1 Å². The number of methoxy groups -OCH3 is 1. The molecule has 2 amide bonds. The minimum atomic E-state index is -0.318. The smallest absolute Gasteiger partial charge is 0.322 e. The minimum Gasteiger partial charge on any atom is -0.497 e. The number of fused-ring (bicyclic) bond motifs is 3. The Balaban J connectivity index is 1.62. The second-order valence-corrected chi connectivity index (χ2v) is 8.12. The SMILES string of the molecule is COc1cccc(NC(=O)N2Cc3ccccc3-n3cccc3C2c2cccc(Cl)c2)c1. The number of urea groups is 1. The van der Waals surface area contributed by atoms with Crippen molar-refractivity contribution in [3.05, 3.63) is 113 Å². The molecule has 0 fully saturated rings. The van der Waals surface area contributed by atoms with E-state index in [4.69, 9.17) is 16.3 Å². The number of rotatable bonds is 3. The first-order valence-corrected chi connectivity index (χ1v) is 10.7. The summed E-state index contributed by atoms with van der Waals surface area (Å²) in [6.07, 6.45) is 2.04. The number of carbonyl (C=O) groups excluding carboxylic acids is 1. The van der Waals surface area contributed by atoms with Crippen LogP contribution in [-0.2, 0) is 6.54 Å². The monoisotopic (exact) mass is 443 g/mol. The molecule has 32 heavy (non-hydrogen) atoms. The number of halogens is 1. The fourth-order valence-corrected chi connectivity index (χ4v) is 4.46. The number of amides is 2. The second kappa shape index (κ2) is 8.44. The van der Waals surface area contributed by atoms with Crippen LogP contribution in [0, 0.1) is 0 Å². The molecule has 1 aliphatic rings. The number of carbonyl (C=O) groups is 1. The number of nitrogens with one attached hydrogen (secondary N) is 1. The molecule has 1 aliphatic heterocycles. The molecule has 6 heteroatoms. The molecule has 1 unspecified atom stereocenters. The number of benzene rings is 3. The predicted octanol–water partition coefficient (Wildman–Crippen LogP) is 6.28. The molecule has 0 aliphatic carbocycles. The zero-order valence-electron chi connectivity index (χ0n) is 17.5. The van der Waals surface area contributed by atoms with Gasteiger partial charge in [-0.05, 0) is 53.6 Å². The molecular formula is C26H22ClN3O2. The lowest BCUT2D eigenvalue weighted by Crippen LogP contribution is -2.37. The topological polar surface area (TPSA) is 46.5 Å². The van der Waals surface area contributed by atoms with E-state index in [0.29, 0.717) is 23.0 Å². The lowest BCUT2D eigenvalue weighted by molar-refractivity contribution is 0.194. The lowest BCUT2D eigenvalue weighted by atomic mass is 10.0. The average Bonchev–Trinajstić information content (AvgIpc) is 3.23. The maximum atomic E-state index is 13.7. The van der Waals surface area contributed by atoms with Gasteiger partial charge >= 0.3 is 6.03 Å². The van der Waals surface area contributed by atoms with Gasteiger partial charge in [-0.3, -0.25) is 0 Å². The molecular weight excluding hydrogens is 422 g/mol. The van der Waals surface area contributed by atoms with Gasteiger partial charge in [-0.2, -0.15) is 0 Å². The maximum Gasteiger partial charge on any atom is 0.322 e. The molecule has 1 N–H and O–H groups in total. The van der Waals surface area contributed by atoms with E-state index in [1.165, 1.54) is 0 Å². The highest BCUT2D eigenvalue weighted by Crippen LogP contribution is 2.37. The number of ether oxygens (including phenoxy) is 1. The van der Waals surface area contributed by atoms with Crippen molar-refractivity contribution in [1.29, 1.82) is 0 Å². The van der Waals surface area contributed by atoms with Crippen molar-refractivity contribution in [3.8, 4) is 11.4 Å². The van der Waals surface area contributed by atoms with Crippen LogP contribution < -0.4 is 10.1 Å². The molecule has 0 saturated carbocycles. The normalized spacial score (nSPS) is 14.8. The fraction of sp³-hybridized carbons (Fsp3) is 0.115. The van der Waals surface area contributed by atoms with Crippen LogP contribution in [0.2, 0.25) is 5.02 Å². The molecule has 2 heterocycles. The molecule has 0 saturated heterocycles. The van der Waals surface area contributed by atoms with Crippen molar-refractivity contribution < 1.29 is 9.53 Å². The third-order valence-electron chi connectivity index (χ3n) is 5.71. The Bertz CT molecular complexity index is 1280. The summed E-state index contributed by atoms with van der Waals surface area (Å²) < 4.78 is 7.46. The largest absolute Gasteiger partial charge is 0.497 e. The first kappa shape index (κ1) is 20.2. The van der Waals surface area contributed by atoms with E-state index in [1.54, 1.807) is 13.2 Å². The summed E-state index contributed by atoms with van der Waals surface area (Å²) in [7, 11) is 1.61. The number of hydrogen-bond donors (Lipinski definition) is 1. The lowest BCUT2D eigenvalue weighted by Gasteiger charge is -2.31. The highest BCUT2D eigenvalue weighted by molar-refractivity contribution is 6.30. The number of para-hydroxylation sites is 1. The second-order valence-electron chi connectivity index (χ2n) is 7.68. The van der Waals surface area contributed by atoms with Gasteiger partial charge in [0.1, 0.15) is 5.75 Å². The van der Waals surface area contributed by atoms with Gasteiger partial charge in [0.25, 0.3) is 0 Å².